The topological polar surface area (TPSA) is 37.3 Å². The molecule has 4 aromatic rings. The molecule has 3 aromatic carbocycles. The van der Waals surface area contributed by atoms with Crippen molar-refractivity contribution in [3.63, 3.8) is 0 Å². The van der Waals surface area contributed by atoms with Gasteiger partial charge in [-0.25, -0.2) is 0 Å². The third-order valence-electron chi connectivity index (χ3n) is 7.65. The number of hydrogen-bond acceptors (Lipinski definition) is 2. The van der Waals surface area contributed by atoms with Gasteiger partial charge in [0.05, 0.1) is 0 Å². The lowest BCUT2D eigenvalue weighted by molar-refractivity contribution is -0.126. The van der Waals surface area contributed by atoms with Crippen molar-refractivity contribution in [3.05, 3.63) is 107 Å². The van der Waals surface area contributed by atoms with Crippen LogP contribution in [0.3, 0.4) is 0 Å². The predicted molar refractivity (Wildman–Crippen MR) is 148 cm³/mol. The summed E-state index contributed by atoms with van der Waals surface area (Å²) in [5.41, 5.74) is 6.51. The number of para-hydroxylation sites is 1. The van der Waals surface area contributed by atoms with Crippen LogP contribution in [0.4, 0.5) is 0 Å². The maximum atomic E-state index is 12.9. The lowest BCUT2D eigenvalue weighted by Gasteiger charge is -2.31. The largest absolute Gasteiger partial charge is 0.355 e. The Balaban J connectivity index is 1.19. The average molecular weight is 480 g/mol. The lowest BCUT2D eigenvalue weighted by Crippen LogP contribution is -2.41. The van der Waals surface area contributed by atoms with Gasteiger partial charge in [-0.3, -0.25) is 9.69 Å². The van der Waals surface area contributed by atoms with E-state index in [4.69, 9.17) is 0 Å². The molecule has 0 spiro atoms. The van der Waals surface area contributed by atoms with Crippen molar-refractivity contribution < 1.29 is 4.79 Å². The van der Waals surface area contributed by atoms with Crippen molar-refractivity contribution in [1.29, 1.82) is 0 Å². The second kappa shape index (κ2) is 11.1. The smallest absolute Gasteiger partial charge is 0.223 e. The molecule has 1 amide bonds. The number of aryl methyl sites for hydroxylation is 1. The zero-order chi connectivity index (χ0) is 24.9. The number of carbonyl (C=O) groups excluding carboxylic acids is 1. The van der Waals surface area contributed by atoms with Crippen LogP contribution in [-0.4, -0.2) is 35.0 Å². The maximum absolute atomic E-state index is 12.9. The quantitative estimate of drug-likeness (QED) is 0.330. The standard InChI is InChI=1S/C32H37N3O/c1-24-12-14-26(15-13-24)22-35-30(20-29-10-6-7-11-31(29)35)23-34-18-16-28(17-19-34)32(36)33-21-25(2)27-8-4-3-5-9-27/h3-15,20,25,28H,16-19,21-23H2,1-2H3,(H,33,36)/t25-/m0/s1. The van der Waals surface area contributed by atoms with Crippen molar-refractivity contribution in [2.45, 2.75) is 45.7 Å². The summed E-state index contributed by atoms with van der Waals surface area (Å²) in [7, 11) is 0. The second-order valence-electron chi connectivity index (χ2n) is 10.4. The fourth-order valence-corrected chi connectivity index (χ4v) is 5.34. The molecule has 36 heavy (non-hydrogen) atoms. The molecule has 1 aromatic heterocycles. The minimum atomic E-state index is 0.114. The van der Waals surface area contributed by atoms with Gasteiger partial charge >= 0.3 is 0 Å². The number of aromatic nitrogens is 1. The number of piperidine rings is 1. The van der Waals surface area contributed by atoms with E-state index in [1.807, 2.05) is 6.07 Å². The van der Waals surface area contributed by atoms with Crippen LogP contribution in [0.2, 0.25) is 0 Å². The van der Waals surface area contributed by atoms with Crippen LogP contribution < -0.4 is 5.32 Å². The van der Waals surface area contributed by atoms with E-state index in [9.17, 15) is 4.79 Å². The molecule has 5 rings (SSSR count). The zero-order valence-electron chi connectivity index (χ0n) is 21.5. The maximum Gasteiger partial charge on any atom is 0.223 e. The summed E-state index contributed by atoms with van der Waals surface area (Å²) in [4.78, 5) is 15.4. The minimum absolute atomic E-state index is 0.114. The van der Waals surface area contributed by atoms with E-state index in [0.717, 1.165) is 39.0 Å². The molecule has 4 heteroatoms. The SMILES string of the molecule is Cc1ccc(Cn2c(CN3CCC(C(=O)NC[C@H](C)c4ccccc4)CC3)cc3ccccc32)cc1. The Kier molecular flexibility index (Phi) is 7.52. The molecule has 1 aliphatic heterocycles. The number of carbonyl (C=O) groups is 1. The van der Waals surface area contributed by atoms with Crippen molar-refractivity contribution >= 4 is 16.8 Å². The van der Waals surface area contributed by atoms with Crippen molar-refractivity contribution in [1.82, 2.24) is 14.8 Å². The number of likely N-dealkylation sites (tertiary alicyclic amines) is 1. The van der Waals surface area contributed by atoms with Gasteiger partial charge in [0.15, 0.2) is 0 Å². The van der Waals surface area contributed by atoms with Gasteiger partial charge < -0.3 is 9.88 Å². The summed E-state index contributed by atoms with van der Waals surface area (Å²) < 4.78 is 2.46. The first-order valence-corrected chi connectivity index (χ1v) is 13.2. The molecule has 1 saturated heterocycles. The molecule has 1 aliphatic rings. The zero-order valence-corrected chi connectivity index (χ0v) is 21.5. The molecule has 1 atom stereocenters. The third kappa shape index (κ3) is 5.71. The van der Waals surface area contributed by atoms with Crippen LogP contribution in [0, 0.1) is 12.8 Å². The van der Waals surface area contributed by atoms with Gasteiger partial charge in [0.2, 0.25) is 5.91 Å². The van der Waals surface area contributed by atoms with Gasteiger partial charge in [0.1, 0.15) is 0 Å². The van der Waals surface area contributed by atoms with Gasteiger partial charge in [0.25, 0.3) is 0 Å². The molecule has 2 heterocycles. The molecule has 0 aliphatic carbocycles. The van der Waals surface area contributed by atoms with Crippen molar-refractivity contribution in [3.8, 4) is 0 Å². The number of rotatable bonds is 8. The molecule has 186 valence electrons. The number of benzene rings is 3. The van der Waals surface area contributed by atoms with Crippen LogP contribution in [0.1, 0.15) is 48.1 Å². The van der Waals surface area contributed by atoms with E-state index in [1.54, 1.807) is 0 Å². The van der Waals surface area contributed by atoms with Crippen LogP contribution in [0.15, 0.2) is 84.9 Å². The number of hydrogen-bond donors (Lipinski definition) is 1. The van der Waals surface area contributed by atoms with Gasteiger partial charge in [0, 0.05) is 36.8 Å². The average Bonchev–Trinajstić information content (AvgIpc) is 3.26. The van der Waals surface area contributed by atoms with Crippen LogP contribution in [0.25, 0.3) is 10.9 Å². The summed E-state index contributed by atoms with van der Waals surface area (Å²) in [5.74, 6) is 0.652. The summed E-state index contributed by atoms with van der Waals surface area (Å²) in [5, 5.41) is 4.50. The van der Waals surface area contributed by atoms with Gasteiger partial charge in [-0.1, -0.05) is 85.3 Å². The number of nitrogens with one attached hydrogen (secondary N) is 1. The highest BCUT2D eigenvalue weighted by Gasteiger charge is 2.26. The lowest BCUT2D eigenvalue weighted by atomic mass is 9.95. The number of amides is 1. The Bertz CT molecular complexity index is 1280. The van der Waals surface area contributed by atoms with Crippen LogP contribution in [-0.2, 0) is 17.9 Å². The highest BCUT2D eigenvalue weighted by atomic mass is 16.1. The first kappa shape index (κ1) is 24.3. The van der Waals surface area contributed by atoms with Gasteiger partial charge in [-0.05, 0) is 67.4 Å². The summed E-state index contributed by atoms with van der Waals surface area (Å²) >= 11 is 0. The van der Waals surface area contributed by atoms with Crippen molar-refractivity contribution in [2.75, 3.05) is 19.6 Å². The summed E-state index contributed by atoms with van der Waals surface area (Å²) in [6, 6.07) is 30.3. The molecule has 1 N–H and O–H groups in total. The highest BCUT2D eigenvalue weighted by Crippen LogP contribution is 2.25. The monoisotopic (exact) mass is 479 g/mol. The Morgan fingerprint density at radius 3 is 2.36 bits per heavy atom. The van der Waals surface area contributed by atoms with E-state index in [2.05, 4.69) is 107 Å². The highest BCUT2D eigenvalue weighted by molar-refractivity contribution is 5.81. The molecule has 0 bridgehead atoms. The molecule has 4 nitrogen and oxygen atoms in total. The molecule has 0 unspecified atom stereocenters. The normalized spacial score (nSPS) is 15.7. The Morgan fingerprint density at radius 1 is 0.917 bits per heavy atom. The molecular formula is C32H37N3O. The van der Waals surface area contributed by atoms with E-state index < -0.39 is 0 Å². The van der Waals surface area contributed by atoms with E-state index >= 15 is 0 Å². The minimum Gasteiger partial charge on any atom is -0.355 e. The Morgan fingerprint density at radius 2 is 1.61 bits per heavy atom. The molecule has 1 fully saturated rings. The summed E-state index contributed by atoms with van der Waals surface area (Å²) in [6.07, 6.45) is 1.84. The van der Waals surface area contributed by atoms with E-state index in [1.165, 1.54) is 33.3 Å². The van der Waals surface area contributed by atoms with E-state index in [0.29, 0.717) is 12.5 Å². The molecule has 0 saturated carbocycles. The Hall–Kier alpha value is -3.37. The van der Waals surface area contributed by atoms with Crippen molar-refractivity contribution in [2.24, 2.45) is 5.92 Å². The first-order chi connectivity index (χ1) is 17.6. The summed E-state index contributed by atoms with van der Waals surface area (Å²) in [6.45, 7) is 8.71. The first-order valence-electron chi connectivity index (χ1n) is 13.2. The fraction of sp³-hybridized carbons (Fsp3) is 0.344. The number of fused-ring (bicyclic) bond motifs is 1. The number of nitrogens with zero attached hydrogens (tertiary/aromatic N) is 2. The molecular weight excluding hydrogens is 442 g/mol. The van der Waals surface area contributed by atoms with E-state index in [-0.39, 0.29) is 11.8 Å². The molecule has 0 radical (unpaired) electrons. The van der Waals surface area contributed by atoms with Crippen LogP contribution in [0.5, 0.6) is 0 Å². The second-order valence-corrected chi connectivity index (χ2v) is 10.4. The predicted octanol–water partition coefficient (Wildman–Crippen LogP) is 6.13. The van der Waals surface area contributed by atoms with Gasteiger partial charge in [-0.15, -0.1) is 0 Å². The van der Waals surface area contributed by atoms with Crippen LogP contribution >= 0.6 is 0 Å². The Labute approximate surface area is 214 Å². The van der Waals surface area contributed by atoms with Gasteiger partial charge in [-0.2, -0.15) is 0 Å². The fourth-order valence-electron chi connectivity index (χ4n) is 5.34. The third-order valence-corrected chi connectivity index (χ3v) is 7.65.